The fourth-order valence-corrected chi connectivity index (χ4v) is 2.78. The zero-order valence-electron chi connectivity index (χ0n) is 13.1. The maximum atomic E-state index is 12.1. The van der Waals surface area contributed by atoms with Gasteiger partial charge >= 0.3 is 5.97 Å². The van der Waals surface area contributed by atoms with Crippen LogP contribution >= 0.6 is 0 Å². The van der Waals surface area contributed by atoms with Crippen molar-refractivity contribution < 1.29 is 9.53 Å². The van der Waals surface area contributed by atoms with Gasteiger partial charge in [-0.2, -0.15) is 0 Å². The molecule has 1 N–H and O–H groups in total. The van der Waals surface area contributed by atoms with E-state index < -0.39 is 0 Å². The summed E-state index contributed by atoms with van der Waals surface area (Å²) in [6, 6.07) is 8.10. The molecule has 0 radical (unpaired) electrons. The summed E-state index contributed by atoms with van der Waals surface area (Å²) in [7, 11) is 0. The van der Waals surface area contributed by atoms with Crippen molar-refractivity contribution >= 4 is 5.97 Å². The molecule has 0 bridgehead atoms. The van der Waals surface area contributed by atoms with E-state index in [1.54, 1.807) is 0 Å². The van der Waals surface area contributed by atoms with E-state index in [1.807, 2.05) is 12.1 Å². The Bertz CT molecular complexity index is 445. The van der Waals surface area contributed by atoms with Crippen molar-refractivity contribution in [2.24, 2.45) is 0 Å². The van der Waals surface area contributed by atoms with Gasteiger partial charge in [0.2, 0.25) is 0 Å². The van der Waals surface area contributed by atoms with Crippen molar-refractivity contribution in [2.45, 2.75) is 64.5 Å². The second-order valence-electron chi connectivity index (χ2n) is 5.84. The van der Waals surface area contributed by atoms with Crippen LogP contribution in [0.2, 0.25) is 0 Å². The van der Waals surface area contributed by atoms with Gasteiger partial charge < -0.3 is 10.1 Å². The van der Waals surface area contributed by atoms with Gasteiger partial charge in [0.25, 0.3) is 0 Å². The molecular formula is C18H27NO2. The number of fused-ring (bicyclic) bond motifs is 1. The van der Waals surface area contributed by atoms with Crippen LogP contribution in [0.3, 0.4) is 0 Å². The molecule has 0 spiro atoms. The molecule has 1 atom stereocenters. The molecular weight excluding hydrogens is 262 g/mol. The summed E-state index contributed by atoms with van der Waals surface area (Å²) in [5.41, 5.74) is 2.55. The van der Waals surface area contributed by atoms with Crippen LogP contribution in [0.4, 0.5) is 0 Å². The van der Waals surface area contributed by atoms with E-state index in [0.717, 1.165) is 25.8 Å². The number of hydrogen-bond donors (Lipinski definition) is 1. The first-order chi connectivity index (χ1) is 10.3. The average molecular weight is 289 g/mol. The lowest BCUT2D eigenvalue weighted by Gasteiger charge is -2.24. The van der Waals surface area contributed by atoms with Crippen LogP contribution in [-0.2, 0) is 22.5 Å². The zero-order chi connectivity index (χ0) is 14.9. The maximum absolute atomic E-state index is 12.1. The number of nitrogens with one attached hydrogen (secondary N) is 1. The molecule has 1 aromatic carbocycles. The topological polar surface area (TPSA) is 38.3 Å². The number of esters is 1. The van der Waals surface area contributed by atoms with Gasteiger partial charge in [0.05, 0.1) is 6.61 Å². The molecule has 0 aliphatic carbocycles. The first kappa shape index (κ1) is 16.0. The summed E-state index contributed by atoms with van der Waals surface area (Å²) in [4.78, 5) is 12.1. The Balaban J connectivity index is 1.64. The van der Waals surface area contributed by atoms with Crippen LogP contribution in [-0.4, -0.2) is 18.6 Å². The first-order valence-electron chi connectivity index (χ1n) is 8.28. The summed E-state index contributed by atoms with van der Waals surface area (Å²) < 4.78 is 5.40. The SMILES string of the molecule is CCCCCCCCOC(=O)[C@@H]1Cc2ccccc2CN1. The third kappa shape index (κ3) is 5.16. The molecule has 0 unspecified atom stereocenters. The Labute approximate surface area is 128 Å². The van der Waals surface area contributed by atoms with Gasteiger partial charge in [-0.3, -0.25) is 4.79 Å². The van der Waals surface area contributed by atoms with E-state index in [4.69, 9.17) is 4.74 Å². The normalized spacial score (nSPS) is 17.3. The summed E-state index contributed by atoms with van der Waals surface area (Å²) in [5, 5.41) is 3.27. The number of rotatable bonds is 8. The van der Waals surface area contributed by atoms with E-state index >= 15 is 0 Å². The number of hydrogen-bond acceptors (Lipinski definition) is 3. The van der Waals surface area contributed by atoms with E-state index in [-0.39, 0.29) is 12.0 Å². The van der Waals surface area contributed by atoms with Gasteiger partial charge in [0.1, 0.15) is 6.04 Å². The van der Waals surface area contributed by atoms with Gasteiger partial charge in [0, 0.05) is 6.54 Å². The van der Waals surface area contributed by atoms with Crippen molar-refractivity contribution in [3.63, 3.8) is 0 Å². The molecule has 0 saturated heterocycles. The minimum absolute atomic E-state index is 0.0990. The molecule has 0 saturated carbocycles. The van der Waals surface area contributed by atoms with Crippen LogP contribution in [0.5, 0.6) is 0 Å². The minimum atomic E-state index is -0.181. The monoisotopic (exact) mass is 289 g/mol. The number of unbranched alkanes of at least 4 members (excludes halogenated alkanes) is 5. The maximum Gasteiger partial charge on any atom is 0.323 e. The lowest BCUT2D eigenvalue weighted by atomic mass is 9.96. The van der Waals surface area contributed by atoms with Crippen LogP contribution < -0.4 is 5.32 Å². The highest BCUT2D eigenvalue weighted by Crippen LogP contribution is 2.17. The lowest BCUT2D eigenvalue weighted by molar-refractivity contribution is -0.146. The highest BCUT2D eigenvalue weighted by molar-refractivity contribution is 5.76. The Hall–Kier alpha value is -1.35. The van der Waals surface area contributed by atoms with Crippen molar-refractivity contribution in [1.82, 2.24) is 5.32 Å². The van der Waals surface area contributed by atoms with Gasteiger partial charge in [-0.05, 0) is 24.0 Å². The molecule has 1 aromatic rings. The molecule has 0 aromatic heterocycles. The smallest absolute Gasteiger partial charge is 0.323 e. The Kier molecular flexibility index (Phi) is 6.74. The Morgan fingerprint density at radius 1 is 1.14 bits per heavy atom. The quantitative estimate of drug-likeness (QED) is 0.587. The number of ether oxygens (including phenoxy) is 1. The van der Waals surface area contributed by atoms with Gasteiger partial charge in [0.15, 0.2) is 0 Å². The average Bonchev–Trinajstić information content (AvgIpc) is 2.53. The summed E-state index contributed by atoms with van der Waals surface area (Å²) in [5.74, 6) is -0.0990. The second-order valence-corrected chi connectivity index (χ2v) is 5.84. The number of carbonyl (C=O) groups excluding carboxylic acids is 1. The van der Waals surface area contributed by atoms with Crippen LogP contribution in [0.1, 0.15) is 56.6 Å². The molecule has 0 amide bonds. The van der Waals surface area contributed by atoms with Crippen LogP contribution in [0, 0.1) is 0 Å². The number of carbonyl (C=O) groups is 1. The summed E-state index contributed by atoms with van der Waals surface area (Å²) in [6.07, 6.45) is 8.01. The van der Waals surface area contributed by atoms with Crippen LogP contribution in [0.15, 0.2) is 24.3 Å². The lowest BCUT2D eigenvalue weighted by Crippen LogP contribution is -2.42. The highest BCUT2D eigenvalue weighted by Gasteiger charge is 2.24. The van der Waals surface area contributed by atoms with Gasteiger partial charge in [-0.1, -0.05) is 63.3 Å². The molecule has 0 fully saturated rings. The predicted octanol–water partition coefficient (Wildman–Crippen LogP) is 3.60. The minimum Gasteiger partial charge on any atom is -0.465 e. The van der Waals surface area contributed by atoms with E-state index in [1.165, 1.54) is 36.8 Å². The van der Waals surface area contributed by atoms with E-state index in [0.29, 0.717) is 6.61 Å². The van der Waals surface area contributed by atoms with Crippen molar-refractivity contribution in [1.29, 1.82) is 0 Å². The fraction of sp³-hybridized carbons (Fsp3) is 0.611. The second kappa shape index (κ2) is 8.83. The summed E-state index contributed by atoms with van der Waals surface area (Å²) >= 11 is 0. The largest absolute Gasteiger partial charge is 0.465 e. The molecule has 3 heteroatoms. The van der Waals surface area contributed by atoms with Crippen LogP contribution in [0.25, 0.3) is 0 Å². The molecule has 2 rings (SSSR count). The Morgan fingerprint density at radius 3 is 2.67 bits per heavy atom. The van der Waals surface area contributed by atoms with E-state index in [9.17, 15) is 4.79 Å². The summed E-state index contributed by atoms with van der Waals surface area (Å²) in [6.45, 7) is 3.54. The number of benzene rings is 1. The third-order valence-electron chi connectivity index (χ3n) is 4.11. The molecule has 21 heavy (non-hydrogen) atoms. The predicted molar refractivity (Wildman–Crippen MR) is 85.1 cm³/mol. The van der Waals surface area contributed by atoms with E-state index in [2.05, 4.69) is 24.4 Å². The third-order valence-corrected chi connectivity index (χ3v) is 4.11. The fourth-order valence-electron chi connectivity index (χ4n) is 2.78. The molecule has 116 valence electrons. The van der Waals surface area contributed by atoms with Crippen molar-refractivity contribution in [2.75, 3.05) is 6.61 Å². The molecule has 3 nitrogen and oxygen atoms in total. The van der Waals surface area contributed by atoms with Gasteiger partial charge in [-0.25, -0.2) is 0 Å². The zero-order valence-corrected chi connectivity index (χ0v) is 13.1. The highest BCUT2D eigenvalue weighted by atomic mass is 16.5. The molecule has 1 aliphatic heterocycles. The first-order valence-corrected chi connectivity index (χ1v) is 8.28. The van der Waals surface area contributed by atoms with Crippen molar-refractivity contribution in [3.05, 3.63) is 35.4 Å². The molecule has 1 heterocycles. The van der Waals surface area contributed by atoms with Gasteiger partial charge in [-0.15, -0.1) is 0 Å². The molecule has 1 aliphatic rings. The van der Waals surface area contributed by atoms with Crippen molar-refractivity contribution in [3.8, 4) is 0 Å². The standard InChI is InChI=1S/C18H27NO2/c1-2-3-4-5-6-9-12-21-18(20)17-13-15-10-7-8-11-16(15)14-19-17/h7-8,10-11,17,19H,2-6,9,12-14H2,1H3/t17-/m0/s1. The Morgan fingerprint density at radius 2 is 1.86 bits per heavy atom.